The highest BCUT2D eigenvalue weighted by molar-refractivity contribution is 5.76. The van der Waals surface area contributed by atoms with Gasteiger partial charge in [0.05, 0.1) is 18.3 Å². The quantitative estimate of drug-likeness (QED) is 0.666. The number of pyridine rings is 1. The number of carbonyl (C=O) groups excluding carboxylic acids is 1. The summed E-state index contributed by atoms with van der Waals surface area (Å²) in [5.74, 6) is 0.0671. The molecule has 0 aliphatic heterocycles. The number of amides is 1. The third kappa shape index (κ3) is 4.50. The topological polar surface area (TPSA) is 63.9 Å². The Morgan fingerprint density at radius 1 is 1.16 bits per heavy atom. The van der Waals surface area contributed by atoms with Gasteiger partial charge in [0.15, 0.2) is 0 Å². The molecule has 0 N–H and O–H groups in total. The van der Waals surface area contributed by atoms with Crippen LogP contribution in [-0.2, 0) is 17.9 Å². The van der Waals surface area contributed by atoms with Crippen LogP contribution in [0.2, 0.25) is 0 Å². The average molecular weight is 335 g/mol. The third-order valence-electron chi connectivity index (χ3n) is 4.12. The lowest BCUT2D eigenvalue weighted by Crippen LogP contribution is -2.34. The first-order valence-electron chi connectivity index (χ1n) is 8.31. The van der Waals surface area contributed by atoms with Gasteiger partial charge in [-0.1, -0.05) is 36.4 Å². The van der Waals surface area contributed by atoms with Gasteiger partial charge in [-0.15, -0.1) is 0 Å². The number of aryl methyl sites for hydroxylation is 1. The number of rotatable bonds is 7. The Morgan fingerprint density at radius 2 is 1.96 bits per heavy atom. The summed E-state index contributed by atoms with van der Waals surface area (Å²) in [4.78, 5) is 23.1. The highest BCUT2D eigenvalue weighted by Crippen LogP contribution is 2.21. The molecular weight excluding hydrogens is 314 g/mol. The van der Waals surface area contributed by atoms with Crippen molar-refractivity contribution >= 4 is 5.91 Å². The summed E-state index contributed by atoms with van der Waals surface area (Å²) in [6, 6.07) is 15.7. The van der Waals surface area contributed by atoms with E-state index in [1.807, 2.05) is 60.4 Å². The molecule has 0 saturated carbocycles. The number of carbonyl (C=O) groups is 1. The summed E-state index contributed by atoms with van der Waals surface area (Å²) < 4.78 is 1.67. The first kappa shape index (κ1) is 16.8. The highest BCUT2D eigenvalue weighted by atomic mass is 16.2. The number of hydrogen-bond acceptors (Lipinski definition) is 4. The van der Waals surface area contributed by atoms with Crippen LogP contribution in [0.1, 0.15) is 30.6 Å². The molecule has 1 amide bonds. The average Bonchev–Trinajstić information content (AvgIpc) is 3.19. The van der Waals surface area contributed by atoms with Crippen molar-refractivity contribution in [3.05, 3.63) is 78.6 Å². The second-order valence-electron chi connectivity index (χ2n) is 5.85. The molecule has 0 spiro atoms. The van der Waals surface area contributed by atoms with Crippen LogP contribution in [0.25, 0.3) is 0 Å². The summed E-state index contributed by atoms with van der Waals surface area (Å²) in [7, 11) is 0. The minimum atomic E-state index is -0.107. The summed E-state index contributed by atoms with van der Waals surface area (Å²) in [5.41, 5.74) is 1.98. The zero-order valence-electron chi connectivity index (χ0n) is 14.2. The van der Waals surface area contributed by atoms with E-state index in [1.54, 1.807) is 17.2 Å². The molecule has 0 aliphatic carbocycles. The normalized spacial score (nSPS) is 11.9. The molecule has 128 valence electrons. The predicted molar refractivity (Wildman–Crippen MR) is 94.3 cm³/mol. The summed E-state index contributed by atoms with van der Waals surface area (Å²) in [6.07, 6.45) is 5.22. The fourth-order valence-corrected chi connectivity index (χ4v) is 2.71. The summed E-state index contributed by atoms with van der Waals surface area (Å²) >= 11 is 0. The second-order valence-corrected chi connectivity index (χ2v) is 5.85. The van der Waals surface area contributed by atoms with Gasteiger partial charge in [-0.2, -0.15) is 5.10 Å². The largest absolute Gasteiger partial charge is 0.330 e. The molecule has 3 aromatic rings. The zero-order chi connectivity index (χ0) is 17.5. The highest BCUT2D eigenvalue weighted by Gasteiger charge is 2.22. The SMILES string of the molecule is CC(c1ccccn1)N(Cc1ccccc1)C(=O)CCn1cncn1. The van der Waals surface area contributed by atoms with E-state index in [1.165, 1.54) is 6.33 Å². The van der Waals surface area contributed by atoms with Gasteiger partial charge in [0, 0.05) is 19.2 Å². The van der Waals surface area contributed by atoms with Gasteiger partial charge in [0.25, 0.3) is 0 Å². The van der Waals surface area contributed by atoms with Gasteiger partial charge in [-0.3, -0.25) is 14.5 Å². The molecule has 6 nitrogen and oxygen atoms in total. The fraction of sp³-hybridized carbons (Fsp3) is 0.263. The van der Waals surface area contributed by atoms with Crippen molar-refractivity contribution < 1.29 is 4.79 Å². The number of nitrogens with zero attached hydrogens (tertiary/aromatic N) is 5. The molecule has 1 unspecified atom stereocenters. The van der Waals surface area contributed by atoms with E-state index in [0.29, 0.717) is 19.5 Å². The Morgan fingerprint density at radius 3 is 2.64 bits per heavy atom. The van der Waals surface area contributed by atoms with E-state index in [4.69, 9.17) is 0 Å². The minimum absolute atomic E-state index is 0.0671. The van der Waals surface area contributed by atoms with Gasteiger partial charge in [-0.05, 0) is 24.6 Å². The van der Waals surface area contributed by atoms with Crippen molar-refractivity contribution in [1.82, 2.24) is 24.6 Å². The van der Waals surface area contributed by atoms with E-state index in [-0.39, 0.29) is 11.9 Å². The maximum atomic E-state index is 12.9. The van der Waals surface area contributed by atoms with E-state index >= 15 is 0 Å². The third-order valence-corrected chi connectivity index (χ3v) is 4.12. The van der Waals surface area contributed by atoms with Gasteiger partial charge in [0.2, 0.25) is 5.91 Å². The Hall–Kier alpha value is -3.02. The maximum Gasteiger partial charge on any atom is 0.225 e. The number of aromatic nitrogens is 4. The smallest absolute Gasteiger partial charge is 0.225 e. The Kier molecular flexibility index (Phi) is 5.51. The lowest BCUT2D eigenvalue weighted by atomic mass is 10.1. The van der Waals surface area contributed by atoms with Crippen LogP contribution in [0.5, 0.6) is 0 Å². The van der Waals surface area contributed by atoms with Gasteiger partial charge >= 0.3 is 0 Å². The molecule has 6 heteroatoms. The molecule has 25 heavy (non-hydrogen) atoms. The van der Waals surface area contributed by atoms with E-state index in [0.717, 1.165) is 11.3 Å². The van der Waals surface area contributed by atoms with Gasteiger partial charge < -0.3 is 4.90 Å². The lowest BCUT2D eigenvalue weighted by Gasteiger charge is -2.29. The molecule has 1 atom stereocenters. The lowest BCUT2D eigenvalue weighted by molar-refractivity contribution is -0.134. The van der Waals surface area contributed by atoms with Crippen molar-refractivity contribution in [2.45, 2.75) is 32.5 Å². The van der Waals surface area contributed by atoms with Crippen LogP contribution in [0.3, 0.4) is 0 Å². The molecule has 0 saturated heterocycles. The first-order chi connectivity index (χ1) is 12.2. The van der Waals surface area contributed by atoms with E-state index < -0.39 is 0 Å². The molecule has 0 fully saturated rings. The second kappa shape index (κ2) is 8.19. The van der Waals surface area contributed by atoms with Crippen LogP contribution < -0.4 is 0 Å². The Balaban J connectivity index is 1.76. The molecule has 0 aliphatic rings. The van der Waals surface area contributed by atoms with Crippen LogP contribution >= 0.6 is 0 Å². The molecule has 2 heterocycles. The number of benzene rings is 1. The van der Waals surface area contributed by atoms with Gasteiger partial charge in [-0.25, -0.2) is 4.98 Å². The van der Waals surface area contributed by atoms with Crippen LogP contribution in [-0.4, -0.2) is 30.6 Å². The fourth-order valence-electron chi connectivity index (χ4n) is 2.71. The molecule has 2 aromatic heterocycles. The summed E-state index contributed by atoms with van der Waals surface area (Å²) in [6.45, 7) is 3.08. The monoisotopic (exact) mass is 335 g/mol. The van der Waals surface area contributed by atoms with Crippen molar-refractivity contribution in [1.29, 1.82) is 0 Å². The molecule has 0 radical (unpaired) electrons. The molecule has 3 rings (SSSR count). The summed E-state index contributed by atoms with van der Waals surface area (Å²) in [5, 5.41) is 4.06. The van der Waals surface area contributed by atoms with Crippen molar-refractivity contribution in [3.63, 3.8) is 0 Å². The van der Waals surface area contributed by atoms with Gasteiger partial charge in [0.1, 0.15) is 12.7 Å². The minimum Gasteiger partial charge on any atom is -0.330 e. The Labute approximate surface area is 147 Å². The molecular formula is C19H21N5O. The Bertz CT molecular complexity index is 774. The van der Waals surface area contributed by atoms with Crippen molar-refractivity contribution in [2.24, 2.45) is 0 Å². The standard InChI is InChI=1S/C19H21N5O/c1-16(18-9-5-6-11-21-18)24(13-17-7-3-2-4-8-17)19(25)10-12-23-15-20-14-22-23/h2-9,11,14-16H,10,12-13H2,1H3. The van der Waals surface area contributed by atoms with Crippen molar-refractivity contribution in [3.8, 4) is 0 Å². The van der Waals surface area contributed by atoms with Crippen LogP contribution in [0.15, 0.2) is 67.4 Å². The predicted octanol–water partition coefficient (Wildman–Crippen LogP) is 2.85. The van der Waals surface area contributed by atoms with Crippen LogP contribution in [0, 0.1) is 0 Å². The molecule has 1 aromatic carbocycles. The number of hydrogen-bond donors (Lipinski definition) is 0. The molecule has 0 bridgehead atoms. The maximum absolute atomic E-state index is 12.9. The van der Waals surface area contributed by atoms with E-state index in [2.05, 4.69) is 15.1 Å². The zero-order valence-corrected chi connectivity index (χ0v) is 14.2. The van der Waals surface area contributed by atoms with Crippen molar-refractivity contribution in [2.75, 3.05) is 0 Å². The van der Waals surface area contributed by atoms with E-state index in [9.17, 15) is 4.79 Å². The first-order valence-corrected chi connectivity index (χ1v) is 8.31. The van der Waals surface area contributed by atoms with Crippen LogP contribution in [0.4, 0.5) is 0 Å².